The molecule has 6 rings (SSSR count). The minimum atomic E-state index is -1.04. The number of carbonyl (C=O) groups excluding carboxylic acids is 1. The number of carboxylic acids is 1. The molecule has 2 aromatic rings. The molecule has 0 spiro atoms. The van der Waals surface area contributed by atoms with E-state index in [9.17, 15) is 14.7 Å². The van der Waals surface area contributed by atoms with Crippen LogP contribution in [0.3, 0.4) is 0 Å². The molecule has 0 unspecified atom stereocenters. The number of aromatic carboxylic acids is 1. The Bertz CT molecular complexity index is 865. The van der Waals surface area contributed by atoms with Crippen LogP contribution in [0.15, 0.2) is 23.6 Å². The SMILES string of the molecule is O=C(O)c1cc2sccc2cc1C(=O)NCC12CC3CC(CC(C3)C1)C2. The summed E-state index contributed by atoms with van der Waals surface area (Å²) < 4.78 is 0.903. The van der Waals surface area contributed by atoms with Gasteiger partial charge in [0.2, 0.25) is 0 Å². The molecule has 4 saturated carbocycles. The predicted molar refractivity (Wildman–Crippen MR) is 102 cm³/mol. The molecule has 136 valence electrons. The van der Waals surface area contributed by atoms with Crippen LogP contribution in [0, 0.1) is 23.2 Å². The Morgan fingerprint density at radius 1 is 1.08 bits per heavy atom. The first kappa shape index (κ1) is 16.3. The summed E-state index contributed by atoms with van der Waals surface area (Å²) in [6.45, 7) is 0.691. The van der Waals surface area contributed by atoms with Crippen LogP contribution in [0.5, 0.6) is 0 Å². The van der Waals surface area contributed by atoms with Crippen LogP contribution in [0.2, 0.25) is 0 Å². The molecule has 4 bridgehead atoms. The number of carboxylic acid groups (broad SMARTS) is 1. The van der Waals surface area contributed by atoms with Crippen molar-refractivity contribution >= 4 is 33.3 Å². The lowest BCUT2D eigenvalue weighted by atomic mass is 9.49. The molecule has 26 heavy (non-hydrogen) atoms. The molecular formula is C21H23NO3S. The lowest BCUT2D eigenvalue weighted by molar-refractivity contribution is -0.0503. The fraction of sp³-hybridized carbons (Fsp3) is 0.524. The van der Waals surface area contributed by atoms with E-state index in [0.717, 1.165) is 27.8 Å². The van der Waals surface area contributed by atoms with E-state index in [1.165, 1.54) is 49.9 Å². The van der Waals surface area contributed by atoms with Crippen molar-refractivity contribution in [3.63, 3.8) is 0 Å². The van der Waals surface area contributed by atoms with Crippen LogP contribution < -0.4 is 5.32 Å². The van der Waals surface area contributed by atoms with Gasteiger partial charge >= 0.3 is 5.97 Å². The lowest BCUT2D eigenvalue weighted by Crippen LogP contribution is -2.51. The van der Waals surface area contributed by atoms with Gasteiger partial charge in [-0.15, -0.1) is 11.3 Å². The molecule has 0 radical (unpaired) electrons. The number of hydrogen-bond acceptors (Lipinski definition) is 3. The topological polar surface area (TPSA) is 66.4 Å². The van der Waals surface area contributed by atoms with Crippen molar-refractivity contribution in [2.45, 2.75) is 38.5 Å². The number of hydrogen-bond donors (Lipinski definition) is 2. The Hall–Kier alpha value is -1.88. The summed E-state index contributed by atoms with van der Waals surface area (Å²) in [7, 11) is 0. The summed E-state index contributed by atoms with van der Waals surface area (Å²) in [5, 5.41) is 15.5. The maximum absolute atomic E-state index is 12.9. The zero-order valence-corrected chi connectivity index (χ0v) is 15.5. The number of amides is 1. The average molecular weight is 369 g/mol. The Balaban J connectivity index is 1.38. The Labute approximate surface area is 156 Å². The molecule has 5 heteroatoms. The molecule has 4 aliphatic carbocycles. The summed E-state index contributed by atoms with van der Waals surface area (Å²) in [6.07, 6.45) is 7.83. The maximum atomic E-state index is 12.9. The van der Waals surface area contributed by atoms with Gasteiger partial charge in [-0.1, -0.05) is 0 Å². The van der Waals surface area contributed by atoms with Crippen LogP contribution in [-0.2, 0) is 0 Å². The van der Waals surface area contributed by atoms with E-state index in [-0.39, 0.29) is 22.4 Å². The highest BCUT2D eigenvalue weighted by atomic mass is 32.1. The van der Waals surface area contributed by atoms with E-state index in [1.54, 1.807) is 12.1 Å². The summed E-state index contributed by atoms with van der Waals surface area (Å²) in [6, 6.07) is 5.29. The number of carbonyl (C=O) groups is 2. The van der Waals surface area contributed by atoms with Gasteiger partial charge in [0, 0.05) is 11.2 Å². The van der Waals surface area contributed by atoms with Gasteiger partial charge in [-0.2, -0.15) is 0 Å². The number of rotatable bonds is 4. The van der Waals surface area contributed by atoms with E-state index >= 15 is 0 Å². The Morgan fingerprint density at radius 2 is 1.73 bits per heavy atom. The fourth-order valence-corrected chi connectivity index (χ4v) is 7.05. The van der Waals surface area contributed by atoms with Crippen LogP contribution in [0.25, 0.3) is 10.1 Å². The van der Waals surface area contributed by atoms with E-state index < -0.39 is 5.97 Å². The van der Waals surface area contributed by atoms with Crippen molar-refractivity contribution in [3.05, 3.63) is 34.7 Å². The van der Waals surface area contributed by atoms with Gasteiger partial charge < -0.3 is 10.4 Å². The quantitative estimate of drug-likeness (QED) is 0.831. The van der Waals surface area contributed by atoms with Gasteiger partial charge in [0.25, 0.3) is 5.91 Å². The third-order valence-corrected chi connectivity index (χ3v) is 7.74. The van der Waals surface area contributed by atoms with E-state index in [0.29, 0.717) is 6.54 Å². The third-order valence-electron chi connectivity index (χ3n) is 6.86. The third kappa shape index (κ3) is 2.64. The molecule has 4 fully saturated rings. The number of thiophene rings is 1. The molecule has 1 aromatic heterocycles. The van der Waals surface area contributed by atoms with Gasteiger partial charge in [-0.25, -0.2) is 4.79 Å². The summed E-state index contributed by atoms with van der Waals surface area (Å²) in [5.41, 5.74) is 0.636. The van der Waals surface area contributed by atoms with E-state index in [2.05, 4.69) is 5.32 Å². The monoisotopic (exact) mass is 369 g/mol. The minimum absolute atomic E-state index is 0.1000. The van der Waals surface area contributed by atoms with Gasteiger partial charge in [0.05, 0.1) is 11.1 Å². The van der Waals surface area contributed by atoms with Gasteiger partial charge in [0.15, 0.2) is 0 Å². The zero-order chi connectivity index (χ0) is 17.9. The summed E-state index contributed by atoms with van der Waals surface area (Å²) in [4.78, 5) is 24.5. The fourth-order valence-electron chi connectivity index (χ4n) is 6.24. The maximum Gasteiger partial charge on any atom is 0.336 e. The molecule has 1 amide bonds. The van der Waals surface area contributed by atoms with Crippen LogP contribution >= 0.6 is 11.3 Å². The standard InChI is InChI=1S/C21H23NO3S/c23-19(16-6-15-1-2-26-18(15)7-17(16)20(24)25)22-11-21-8-12-3-13(9-21)5-14(4-12)10-21/h1-2,6-7,12-14H,3-5,8-11H2,(H,22,23)(H,24,25). The van der Waals surface area contributed by atoms with Crippen LogP contribution in [0.1, 0.15) is 59.2 Å². The zero-order valence-electron chi connectivity index (χ0n) is 14.7. The Morgan fingerprint density at radius 3 is 2.35 bits per heavy atom. The normalized spacial score (nSPS) is 32.1. The molecule has 4 aliphatic rings. The van der Waals surface area contributed by atoms with Crippen molar-refractivity contribution < 1.29 is 14.7 Å². The van der Waals surface area contributed by atoms with E-state index in [4.69, 9.17) is 0 Å². The van der Waals surface area contributed by atoms with Crippen LogP contribution in [-0.4, -0.2) is 23.5 Å². The lowest BCUT2D eigenvalue weighted by Gasteiger charge is -2.56. The number of fused-ring (bicyclic) bond motifs is 1. The molecule has 0 aliphatic heterocycles. The number of nitrogens with one attached hydrogen (secondary N) is 1. The van der Waals surface area contributed by atoms with Crippen molar-refractivity contribution in [1.82, 2.24) is 5.32 Å². The first-order valence-electron chi connectivity index (χ1n) is 9.54. The van der Waals surface area contributed by atoms with Gasteiger partial charge in [-0.3, -0.25) is 4.79 Å². The first-order valence-corrected chi connectivity index (χ1v) is 10.4. The first-order chi connectivity index (χ1) is 12.5. The highest BCUT2D eigenvalue weighted by molar-refractivity contribution is 7.17. The molecular weight excluding hydrogens is 346 g/mol. The average Bonchev–Trinajstić information content (AvgIpc) is 3.05. The molecule has 0 saturated heterocycles. The smallest absolute Gasteiger partial charge is 0.336 e. The second-order valence-corrected chi connectivity index (χ2v) is 9.71. The highest BCUT2D eigenvalue weighted by Crippen LogP contribution is 2.59. The second-order valence-electron chi connectivity index (χ2n) is 8.76. The predicted octanol–water partition coefficient (Wildman–Crippen LogP) is 4.55. The van der Waals surface area contributed by atoms with Gasteiger partial charge in [0.1, 0.15) is 0 Å². The summed E-state index contributed by atoms with van der Waals surface area (Å²) >= 11 is 1.50. The van der Waals surface area contributed by atoms with Crippen molar-refractivity contribution in [2.24, 2.45) is 23.2 Å². The number of benzene rings is 1. The van der Waals surface area contributed by atoms with Crippen molar-refractivity contribution in [3.8, 4) is 0 Å². The van der Waals surface area contributed by atoms with Crippen LogP contribution in [0.4, 0.5) is 0 Å². The molecule has 4 nitrogen and oxygen atoms in total. The van der Waals surface area contributed by atoms with Crippen molar-refractivity contribution in [2.75, 3.05) is 6.54 Å². The Kier molecular flexibility index (Phi) is 3.64. The minimum Gasteiger partial charge on any atom is -0.478 e. The molecule has 1 aromatic carbocycles. The summed E-state index contributed by atoms with van der Waals surface area (Å²) in [5.74, 6) is 1.24. The van der Waals surface area contributed by atoms with E-state index in [1.807, 2.05) is 11.4 Å². The molecule has 0 atom stereocenters. The highest BCUT2D eigenvalue weighted by Gasteiger charge is 2.50. The van der Waals surface area contributed by atoms with Gasteiger partial charge in [-0.05, 0) is 90.7 Å². The second kappa shape index (κ2) is 5.81. The largest absolute Gasteiger partial charge is 0.478 e. The van der Waals surface area contributed by atoms with Crippen molar-refractivity contribution in [1.29, 1.82) is 0 Å². The molecule has 1 heterocycles. The molecule has 2 N–H and O–H groups in total.